The van der Waals surface area contributed by atoms with E-state index < -0.39 is 0 Å². The molecule has 2 rings (SSSR count). The van der Waals surface area contributed by atoms with Gasteiger partial charge < -0.3 is 5.11 Å². The second kappa shape index (κ2) is 3.37. The summed E-state index contributed by atoms with van der Waals surface area (Å²) in [7, 11) is 0. The number of fused-ring (bicyclic) bond motifs is 2. The summed E-state index contributed by atoms with van der Waals surface area (Å²) >= 11 is 0. The number of rotatable bonds is 2. The zero-order valence-electron chi connectivity index (χ0n) is 9.59. The van der Waals surface area contributed by atoms with Crippen LogP contribution in [-0.4, -0.2) is 11.7 Å². The van der Waals surface area contributed by atoms with Gasteiger partial charge in [0.25, 0.3) is 0 Å². The molecule has 0 heterocycles. The summed E-state index contributed by atoms with van der Waals surface area (Å²) in [5.74, 6) is 2.39. The Hall–Kier alpha value is -0.300. The molecular weight excluding hydrogens is 172 g/mol. The highest BCUT2D eigenvalue weighted by Crippen LogP contribution is 2.54. The Bertz CT molecular complexity index is 254. The van der Waals surface area contributed by atoms with Crippen LogP contribution in [0.3, 0.4) is 0 Å². The molecule has 1 fully saturated rings. The molecule has 80 valence electrons. The third-order valence-corrected chi connectivity index (χ3v) is 4.48. The van der Waals surface area contributed by atoms with E-state index in [1.807, 2.05) is 0 Å². The van der Waals surface area contributed by atoms with Gasteiger partial charge >= 0.3 is 0 Å². The fraction of sp³-hybridized carbons (Fsp3) is 0.846. The van der Waals surface area contributed by atoms with E-state index in [0.29, 0.717) is 5.41 Å². The van der Waals surface area contributed by atoms with Crippen molar-refractivity contribution in [3.63, 3.8) is 0 Å². The first-order chi connectivity index (χ1) is 6.57. The minimum Gasteiger partial charge on any atom is -0.392 e. The normalized spacial score (nSPS) is 41.6. The van der Waals surface area contributed by atoms with Crippen LogP contribution in [0.15, 0.2) is 11.6 Å². The van der Waals surface area contributed by atoms with Gasteiger partial charge in [-0.25, -0.2) is 0 Å². The summed E-state index contributed by atoms with van der Waals surface area (Å²) in [5, 5.41) is 9.33. The summed E-state index contributed by atoms with van der Waals surface area (Å²) in [6, 6.07) is 0. The molecule has 3 atom stereocenters. The number of hydrogen-bond acceptors (Lipinski definition) is 1. The highest BCUT2D eigenvalue weighted by atomic mass is 16.3. The molecule has 1 heteroatoms. The van der Waals surface area contributed by atoms with Gasteiger partial charge in [-0.05, 0) is 48.0 Å². The molecule has 0 aromatic rings. The highest BCUT2D eigenvalue weighted by Gasteiger charge is 2.44. The van der Waals surface area contributed by atoms with Crippen molar-refractivity contribution in [3.05, 3.63) is 11.6 Å². The largest absolute Gasteiger partial charge is 0.392 e. The van der Waals surface area contributed by atoms with Gasteiger partial charge in [0.2, 0.25) is 0 Å². The summed E-state index contributed by atoms with van der Waals surface area (Å²) in [6.07, 6.45) is 6.28. The summed E-state index contributed by atoms with van der Waals surface area (Å²) in [5.41, 5.74) is 1.65. The lowest BCUT2D eigenvalue weighted by Crippen LogP contribution is -2.29. The van der Waals surface area contributed by atoms with Gasteiger partial charge in [-0.15, -0.1) is 0 Å². The first-order valence-electron chi connectivity index (χ1n) is 5.89. The Morgan fingerprint density at radius 2 is 2.29 bits per heavy atom. The maximum Gasteiger partial charge on any atom is 0.0647 e. The van der Waals surface area contributed by atoms with Crippen molar-refractivity contribution >= 4 is 0 Å². The number of allylic oxidation sites excluding steroid dienone is 1. The quantitative estimate of drug-likeness (QED) is 0.670. The molecule has 0 amide bonds. The monoisotopic (exact) mass is 194 g/mol. The van der Waals surface area contributed by atoms with Crippen LogP contribution in [0.5, 0.6) is 0 Å². The van der Waals surface area contributed by atoms with E-state index in [4.69, 9.17) is 0 Å². The standard InChI is InChI=1S/C13H22O/c1-9(2)12-4-5-13(3)7-10(12)6-11(13)8-14/h6,9-10,12,14H,4-5,7-8H2,1-3H3. The molecule has 3 unspecified atom stereocenters. The Morgan fingerprint density at radius 3 is 2.86 bits per heavy atom. The molecule has 0 aromatic carbocycles. The topological polar surface area (TPSA) is 20.2 Å². The zero-order chi connectivity index (χ0) is 10.3. The molecule has 0 aromatic heterocycles. The molecule has 1 nitrogen and oxygen atoms in total. The van der Waals surface area contributed by atoms with Crippen LogP contribution in [0.1, 0.15) is 40.0 Å². The first-order valence-corrected chi connectivity index (χ1v) is 5.89. The summed E-state index contributed by atoms with van der Waals surface area (Å²) < 4.78 is 0. The van der Waals surface area contributed by atoms with Crippen LogP contribution < -0.4 is 0 Å². The van der Waals surface area contributed by atoms with Gasteiger partial charge in [-0.1, -0.05) is 26.8 Å². The maximum atomic E-state index is 9.33. The van der Waals surface area contributed by atoms with Crippen molar-refractivity contribution in [2.24, 2.45) is 23.2 Å². The first kappa shape index (κ1) is 10.2. The van der Waals surface area contributed by atoms with E-state index in [9.17, 15) is 5.11 Å². The molecular formula is C13H22O. The Morgan fingerprint density at radius 1 is 1.57 bits per heavy atom. The predicted octanol–water partition coefficient (Wildman–Crippen LogP) is 3.00. The average molecular weight is 194 g/mol. The molecule has 1 saturated carbocycles. The van der Waals surface area contributed by atoms with Crippen molar-refractivity contribution in [1.29, 1.82) is 0 Å². The van der Waals surface area contributed by atoms with Crippen molar-refractivity contribution in [1.82, 2.24) is 0 Å². The lowest BCUT2D eigenvalue weighted by atomic mass is 9.67. The molecule has 14 heavy (non-hydrogen) atoms. The van der Waals surface area contributed by atoms with Crippen LogP contribution in [-0.2, 0) is 0 Å². The minimum absolute atomic E-state index is 0.276. The molecule has 0 aliphatic heterocycles. The Labute approximate surface area is 87.2 Å². The minimum atomic E-state index is 0.276. The van der Waals surface area contributed by atoms with Crippen molar-refractivity contribution in [2.45, 2.75) is 40.0 Å². The average Bonchev–Trinajstić information content (AvgIpc) is 2.37. The lowest BCUT2D eigenvalue weighted by molar-refractivity contribution is 0.143. The second-order valence-electron chi connectivity index (χ2n) is 5.73. The maximum absolute atomic E-state index is 9.33. The van der Waals surface area contributed by atoms with E-state index >= 15 is 0 Å². The smallest absolute Gasteiger partial charge is 0.0647 e. The molecule has 0 radical (unpaired) electrons. The van der Waals surface area contributed by atoms with Gasteiger partial charge in [0, 0.05) is 0 Å². The third-order valence-electron chi connectivity index (χ3n) is 4.48. The van der Waals surface area contributed by atoms with E-state index in [1.54, 1.807) is 0 Å². The summed E-state index contributed by atoms with van der Waals surface area (Å²) in [4.78, 5) is 0. The van der Waals surface area contributed by atoms with Gasteiger partial charge in [-0.3, -0.25) is 0 Å². The molecule has 1 N–H and O–H groups in total. The number of aliphatic hydroxyl groups is 1. The zero-order valence-corrected chi connectivity index (χ0v) is 9.59. The van der Waals surface area contributed by atoms with Crippen LogP contribution >= 0.6 is 0 Å². The predicted molar refractivity (Wildman–Crippen MR) is 58.9 cm³/mol. The Kier molecular flexibility index (Phi) is 2.46. The van der Waals surface area contributed by atoms with Crippen LogP contribution in [0.2, 0.25) is 0 Å². The Balaban J connectivity index is 2.20. The van der Waals surface area contributed by atoms with Crippen molar-refractivity contribution in [3.8, 4) is 0 Å². The number of hydrogen-bond donors (Lipinski definition) is 1. The van der Waals surface area contributed by atoms with Crippen molar-refractivity contribution in [2.75, 3.05) is 6.61 Å². The van der Waals surface area contributed by atoms with Gasteiger partial charge in [0.05, 0.1) is 6.61 Å². The van der Waals surface area contributed by atoms with Gasteiger partial charge in [0.1, 0.15) is 0 Å². The SMILES string of the molecule is CC(C)C1CCC2(C)CC1C=C2CO. The third kappa shape index (κ3) is 1.42. The van der Waals surface area contributed by atoms with E-state index in [0.717, 1.165) is 17.8 Å². The fourth-order valence-corrected chi connectivity index (χ4v) is 3.48. The van der Waals surface area contributed by atoms with Crippen LogP contribution in [0, 0.1) is 23.2 Å². The van der Waals surface area contributed by atoms with Gasteiger partial charge in [0.15, 0.2) is 0 Å². The fourth-order valence-electron chi connectivity index (χ4n) is 3.48. The molecule has 2 aliphatic carbocycles. The van der Waals surface area contributed by atoms with E-state index in [-0.39, 0.29) is 6.61 Å². The van der Waals surface area contributed by atoms with E-state index in [2.05, 4.69) is 26.8 Å². The number of aliphatic hydroxyl groups excluding tert-OH is 1. The van der Waals surface area contributed by atoms with E-state index in [1.165, 1.54) is 24.8 Å². The highest BCUT2D eigenvalue weighted by molar-refractivity contribution is 5.24. The lowest BCUT2D eigenvalue weighted by Gasteiger charge is -2.38. The summed E-state index contributed by atoms with van der Waals surface area (Å²) in [6.45, 7) is 7.26. The molecule has 0 spiro atoms. The molecule has 2 aliphatic rings. The van der Waals surface area contributed by atoms with Crippen LogP contribution in [0.25, 0.3) is 0 Å². The molecule has 2 bridgehead atoms. The van der Waals surface area contributed by atoms with Gasteiger partial charge in [-0.2, -0.15) is 0 Å². The van der Waals surface area contributed by atoms with Crippen molar-refractivity contribution < 1.29 is 5.11 Å². The second-order valence-corrected chi connectivity index (χ2v) is 5.73. The van der Waals surface area contributed by atoms with Crippen LogP contribution in [0.4, 0.5) is 0 Å². The molecule has 0 saturated heterocycles.